The SMILES string of the molecule is COC(=O)c1ccc(N(CC(=O)Nc2ccc(Cl)c(Cl)c2)C(C)=O)cc1. The van der Waals surface area contributed by atoms with Crippen LogP contribution in [0.15, 0.2) is 42.5 Å². The third-order valence-corrected chi connectivity index (χ3v) is 4.22. The van der Waals surface area contributed by atoms with E-state index in [1.807, 2.05) is 0 Å². The lowest BCUT2D eigenvalue weighted by atomic mass is 10.2. The van der Waals surface area contributed by atoms with Crippen LogP contribution in [-0.4, -0.2) is 31.4 Å². The van der Waals surface area contributed by atoms with E-state index in [1.165, 1.54) is 37.1 Å². The van der Waals surface area contributed by atoms with Crippen molar-refractivity contribution >= 4 is 52.4 Å². The summed E-state index contributed by atoms with van der Waals surface area (Å²) in [5.41, 5.74) is 1.29. The number of hydrogen-bond acceptors (Lipinski definition) is 4. The van der Waals surface area contributed by atoms with E-state index in [0.717, 1.165) is 0 Å². The van der Waals surface area contributed by atoms with E-state index in [1.54, 1.807) is 24.3 Å². The molecule has 2 amide bonds. The molecule has 0 aliphatic rings. The maximum Gasteiger partial charge on any atom is 0.337 e. The van der Waals surface area contributed by atoms with Crippen LogP contribution in [0.5, 0.6) is 0 Å². The van der Waals surface area contributed by atoms with Crippen LogP contribution < -0.4 is 10.2 Å². The van der Waals surface area contributed by atoms with Gasteiger partial charge in [-0.15, -0.1) is 0 Å². The topological polar surface area (TPSA) is 75.7 Å². The molecular weight excluding hydrogens is 379 g/mol. The summed E-state index contributed by atoms with van der Waals surface area (Å²) >= 11 is 11.8. The number of ether oxygens (including phenoxy) is 1. The molecule has 8 heteroatoms. The molecule has 0 aliphatic carbocycles. The number of methoxy groups -OCH3 is 1. The monoisotopic (exact) mass is 394 g/mol. The summed E-state index contributed by atoms with van der Waals surface area (Å²) in [5, 5.41) is 3.34. The Hall–Kier alpha value is -2.57. The first kappa shape index (κ1) is 19.8. The van der Waals surface area contributed by atoms with Crippen LogP contribution in [0.25, 0.3) is 0 Å². The summed E-state index contributed by atoms with van der Waals surface area (Å²) in [6.45, 7) is 1.15. The van der Waals surface area contributed by atoms with Crippen LogP contribution >= 0.6 is 23.2 Å². The lowest BCUT2D eigenvalue weighted by Gasteiger charge is -2.21. The molecule has 136 valence electrons. The Balaban J connectivity index is 2.12. The average Bonchev–Trinajstić information content (AvgIpc) is 2.62. The van der Waals surface area contributed by atoms with Gasteiger partial charge in [0.25, 0.3) is 0 Å². The molecule has 0 aliphatic heterocycles. The van der Waals surface area contributed by atoms with Crippen LogP contribution in [-0.2, 0) is 14.3 Å². The second-order valence-electron chi connectivity index (χ2n) is 5.32. The average molecular weight is 395 g/mol. The lowest BCUT2D eigenvalue weighted by Crippen LogP contribution is -2.36. The summed E-state index contributed by atoms with van der Waals surface area (Å²) in [6.07, 6.45) is 0. The molecule has 1 N–H and O–H groups in total. The number of nitrogens with zero attached hydrogens (tertiary/aromatic N) is 1. The first-order valence-electron chi connectivity index (χ1n) is 7.53. The van der Waals surface area contributed by atoms with Gasteiger partial charge in [-0.25, -0.2) is 4.79 Å². The maximum absolute atomic E-state index is 12.3. The highest BCUT2D eigenvalue weighted by atomic mass is 35.5. The largest absolute Gasteiger partial charge is 0.465 e. The van der Waals surface area contributed by atoms with Gasteiger partial charge in [-0.3, -0.25) is 9.59 Å². The molecule has 0 atom stereocenters. The van der Waals surface area contributed by atoms with Crippen molar-refractivity contribution in [2.45, 2.75) is 6.92 Å². The number of nitrogens with one attached hydrogen (secondary N) is 1. The van der Waals surface area contributed by atoms with Gasteiger partial charge >= 0.3 is 5.97 Å². The van der Waals surface area contributed by atoms with E-state index in [-0.39, 0.29) is 12.5 Å². The molecule has 0 radical (unpaired) electrons. The molecule has 0 spiro atoms. The fourth-order valence-electron chi connectivity index (χ4n) is 2.20. The second-order valence-corrected chi connectivity index (χ2v) is 6.14. The van der Waals surface area contributed by atoms with Gasteiger partial charge in [-0.05, 0) is 42.5 Å². The van der Waals surface area contributed by atoms with Gasteiger partial charge in [0.1, 0.15) is 6.54 Å². The Morgan fingerprint density at radius 1 is 1.04 bits per heavy atom. The fraction of sp³-hybridized carbons (Fsp3) is 0.167. The molecule has 0 bridgehead atoms. The quantitative estimate of drug-likeness (QED) is 0.782. The first-order valence-corrected chi connectivity index (χ1v) is 8.29. The normalized spacial score (nSPS) is 10.2. The van der Waals surface area contributed by atoms with Crippen LogP contribution in [0.4, 0.5) is 11.4 Å². The summed E-state index contributed by atoms with van der Waals surface area (Å²) < 4.78 is 4.63. The Kier molecular flexibility index (Phi) is 6.60. The minimum absolute atomic E-state index is 0.201. The molecule has 0 saturated carbocycles. The minimum Gasteiger partial charge on any atom is -0.465 e. The molecule has 0 heterocycles. The Bertz CT molecular complexity index is 838. The number of halogens is 2. The second kappa shape index (κ2) is 8.69. The highest BCUT2D eigenvalue weighted by Crippen LogP contribution is 2.25. The van der Waals surface area contributed by atoms with E-state index in [0.29, 0.717) is 27.0 Å². The molecule has 2 aromatic carbocycles. The third-order valence-electron chi connectivity index (χ3n) is 3.49. The van der Waals surface area contributed by atoms with E-state index in [2.05, 4.69) is 10.1 Å². The van der Waals surface area contributed by atoms with Crippen molar-refractivity contribution in [3.63, 3.8) is 0 Å². The number of carbonyl (C=O) groups is 3. The van der Waals surface area contributed by atoms with Crippen LogP contribution in [0.1, 0.15) is 17.3 Å². The summed E-state index contributed by atoms with van der Waals surface area (Å²) in [6, 6.07) is 10.9. The zero-order chi connectivity index (χ0) is 19.3. The van der Waals surface area contributed by atoms with E-state index < -0.39 is 11.9 Å². The molecule has 0 fully saturated rings. The Labute approximate surface area is 160 Å². The Morgan fingerprint density at radius 3 is 2.23 bits per heavy atom. The molecule has 2 rings (SSSR count). The fourth-order valence-corrected chi connectivity index (χ4v) is 2.50. The van der Waals surface area contributed by atoms with Crippen molar-refractivity contribution in [2.24, 2.45) is 0 Å². The number of esters is 1. The number of hydrogen-bond donors (Lipinski definition) is 1. The van der Waals surface area contributed by atoms with Gasteiger partial charge < -0.3 is 15.0 Å². The summed E-state index contributed by atoms with van der Waals surface area (Å²) in [5.74, 6) is -1.21. The van der Waals surface area contributed by atoms with Crippen molar-refractivity contribution in [3.8, 4) is 0 Å². The van der Waals surface area contributed by atoms with Gasteiger partial charge in [-0.2, -0.15) is 0 Å². The number of amides is 2. The Morgan fingerprint density at radius 2 is 1.69 bits per heavy atom. The molecule has 0 unspecified atom stereocenters. The zero-order valence-electron chi connectivity index (χ0n) is 14.1. The van der Waals surface area contributed by atoms with Crippen molar-refractivity contribution < 1.29 is 19.1 Å². The summed E-state index contributed by atoms with van der Waals surface area (Å²) in [4.78, 5) is 36.9. The van der Waals surface area contributed by atoms with Gasteiger partial charge in [0, 0.05) is 18.3 Å². The van der Waals surface area contributed by atoms with Crippen LogP contribution in [0.3, 0.4) is 0 Å². The van der Waals surface area contributed by atoms with Gasteiger partial charge in [-0.1, -0.05) is 23.2 Å². The zero-order valence-corrected chi connectivity index (χ0v) is 15.6. The first-order chi connectivity index (χ1) is 12.3. The number of benzene rings is 2. The van der Waals surface area contributed by atoms with Crippen molar-refractivity contribution in [1.82, 2.24) is 0 Å². The summed E-state index contributed by atoms with van der Waals surface area (Å²) in [7, 11) is 1.28. The van der Waals surface area contributed by atoms with Crippen LogP contribution in [0.2, 0.25) is 10.0 Å². The van der Waals surface area contributed by atoms with Crippen molar-refractivity contribution in [2.75, 3.05) is 23.9 Å². The standard InChI is InChI=1S/C18H16Cl2N2O4/c1-11(23)22(14-6-3-12(4-7-14)18(25)26-2)10-17(24)21-13-5-8-15(19)16(20)9-13/h3-9H,10H2,1-2H3,(H,21,24). The number of carbonyl (C=O) groups excluding carboxylic acids is 3. The van der Waals surface area contributed by atoms with Gasteiger partial charge in [0.05, 0.1) is 22.7 Å². The van der Waals surface area contributed by atoms with Crippen LogP contribution in [0, 0.1) is 0 Å². The minimum atomic E-state index is -0.483. The number of anilines is 2. The third kappa shape index (κ3) is 4.97. The van der Waals surface area contributed by atoms with E-state index >= 15 is 0 Å². The molecule has 0 aromatic heterocycles. The molecule has 6 nitrogen and oxygen atoms in total. The molecular formula is C18H16Cl2N2O4. The lowest BCUT2D eigenvalue weighted by molar-refractivity contribution is -0.120. The molecule has 0 saturated heterocycles. The predicted molar refractivity (Wildman–Crippen MR) is 101 cm³/mol. The highest BCUT2D eigenvalue weighted by molar-refractivity contribution is 6.42. The smallest absolute Gasteiger partial charge is 0.337 e. The molecule has 2 aromatic rings. The highest BCUT2D eigenvalue weighted by Gasteiger charge is 2.17. The van der Waals surface area contributed by atoms with E-state index in [4.69, 9.17) is 23.2 Å². The molecule has 26 heavy (non-hydrogen) atoms. The van der Waals surface area contributed by atoms with E-state index in [9.17, 15) is 14.4 Å². The van der Waals surface area contributed by atoms with Crippen molar-refractivity contribution in [3.05, 3.63) is 58.1 Å². The van der Waals surface area contributed by atoms with Gasteiger partial charge in [0.2, 0.25) is 11.8 Å². The predicted octanol–water partition coefficient (Wildman–Crippen LogP) is 3.77. The maximum atomic E-state index is 12.3. The number of rotatable bonds is 5. The van der Waals surface area contributed by atoms with Crippen molar-refractivity contribution in [1.29, 1.82) is 0 Å². The van der Waals surface area contributed by atoms with Gasteiger partial charge in [0.15, 0.2) is 0 Å².